The van der Waals surface area contributed by atoms with Crippen molar-refractivity contribution < 1.29 is 4.74 Å². The topological polar surface area (TPSA) is 26.2 Å². The number of nitrogens with one attached hydrogen (secondary N) is 1. The number of ether oxygens (including phenoxy) is 1. The molecule has 3 heteroatoms. The Morgan fingerprint density at radius 1 is 1.50 bits per heavy atom. The second-order valence-electron chi connectivity index (χ2n) is 5.64. The number of hydrogen-bond donors (Lipinski definition) is 1. The van der Waals surface area contributed by atoms with Crippen LogP contribution in [0.25, 0.3) is 0 Å². The van der Waals surface area contributed by atoms with Gasteiger partial charge < -0.3 is 14.6 Å². The van der Waals surface area contributed by atoms with Gasteiger partial charge in [-0.25, -0.2) is 0 Å². The molecular weight excluding hydrogens is 224 g/mol. The molecule has 3 nitrogen and oxygen atoms in total. The van der Waals surface area contributed by atoms with Gasteiger partial charge in [0.1, 0.15) is 0 Å². The maximum atomic E-state index is 5.67. The smallest absolute Gasteiger partial charge is 0.0593 e. The molecule has 1 N–H and O–H groups in total. The van der Waals surface area contributed by atoms with Crippen molar-refractivity contribution in [2.45, 2.75) is 52.3 Å². The fourth-order valence-electron chi connectivity index (χ4n) is 2.47. The van der Waals surface area contributed by atoms with E-state index in [1.54, 1.807) is 0 Å². The summed E-state index contributed by atoms with van der Waals surface area (Å²) in [6.07, 6.45) is 6.29. The molecule has 1 aromatic heterocycles. The Kier molecular flexibility index (Phi) is 5.26. The van der Waals surface area contributed by atoms with Crippen molar-refractivity contribution in [3.63, 3.8) is 0 Å². The third-order valence-corrected chi connectivity index (χ3v) is 3.50. The molecule has 1 aliphatic heterocycles. The first-order valence-electron chi connectivity index (χ1n) is 7.22. The number of nitrogens with zero attached hydrogens (tertiary/aromatic N) is 1. The van der Waals surface area contributed by atoms with Gasteiger partial charge in [-0.15, -0.1) is 0 Å². The summed E-state index contributed by atoms with van der Waals surface area (Å²) in [5, 5.41) is 3.50. The van der Waals surface area contributed by atoms with Crippen LogP contribution in [0.2, 0.25) is 0 Å². The first-order chi connectivity index (χ1) is 8.75. The molecule has 1 aromatic rings. The molecular formula is C15H26N2O. The van der Waals surface area contributed by atoms with E-state index in [0.717, 1.165) is 32.7 Å². The zero-order valence-electron chi connectivity index (χ0n) is 11.7. The largest absolute Gasteiger partial charge is 0.378 e. The highest BCUT2D eigenvalue weighted by Crippen LogP contribution is 2.16. The SMILES string of the molecule is CC(C)CNCc1cccn1CCC1CCCO1. The number of hydrogen-bond acceptors (Lipinski definition) is 2. The lowest BCUT2D eigenvalue weighted by atomic mass is 10.2. The molecule has 0 aliphatic carbocycles. The van der Waals surface area contributed by atoms with Gasteiger partial charge in [0.15, 0.2) is 0 Å². The van der Waals surface area contributed by atoms with Gasteiger partial charge in [0, 0.05) is 31.6 Å². The highest BCUT2D eigenvalue weighted by Gasteiger charge is 2.15. The zero-order chi connectivity index (χ0) is 12.8. The second kappa shape index (κ2) is 6.95. The van der Waals surface area contributed by atoms with Gasteiger partial charge in [-0.1, -0.05) is 13.8 Å². The van der Waals surface area contributed by atoms with E-state index in [1.807, 2.05) is 0 Å². The summed E-state index contributed by atoms with van der Waals surface area (Å²) in [6.45, 7) is 8.57. The maximum absolute atomic E-state index is 5.67. The van der Waals surface area contributed by atoms with Gasteiger partial charge >= 0.3 is 0 Å². The molecule has 0 spiro atoms. The van der Waals surface area contributed by atoms with Crippen LogP contribution < -0.4 is 5.32 Å². The van der Waals surface area contributed by atoms with Gasteiger partial charge in [0.05, 0.1) is 6.10 Å². The standard InChI is InChI=1S/C15H26N2O/c1-13(2)11-16-12-14-5-3-8-17(14)9-7-15-6-4-10-18-15/h3,5,8,13,15-16H,4,6-7,9-12H2,1-2H3. The van der Waals surface area contributed by atoms with Gasteiger partial charge in [-0.05, 0) is 43.9 Å². The zero-order valence-corrected chi connectivity index (χ0v) is 11.7. The molecule has 0 amide bonds. The van der Waals surface area contributed by atoms with Crippen LogP contribution in [0.4, 0.5) is 0 Å². The number of aryl methyl sites for hydroxylation is 1. The minimum absolute atomic E-state index is 0.490. The fourth-order valence-corrected chi connectivity index (χ4v) is 2.47. The molecule has 1 fully saturated rings. The molecule has 0 aromatic carbocycles. The van der Waals surface area contributed by atoms with Crippen LogP contribution >= 0.6 is 0 Å². The molecule has 0 bridgehead atoms. The van der Waals surface area contributed by atoms with E-state index < -0.39 is 0 Å². The Morgan fingerprint density at radius 2 is 2.39 bits per heavy atom. The number of rotatable bonds is 7. The average Bonchev–Trinajstić information content (AvgIpc) is 2.96. The Bertz CT molecular complexity index is 340. The molecule has 0 radical (unpaired) electrons. The van der Waals surface area contributed by atoms with Crippen LogP contribution in [0, 0.1) is 5.92 Å². The van der Waals surface area contributed by atoms with Crippen LogP contribution in [-0.2, 0) is 17.8 Å². The van der Waals surface area contributed by atoms with E-state index in [-0.39, 0.29) is 0 Å². The first kappa shape index (κ1) is 13.6. The highest BCUT2D eigenvalue weighted by molar-refractivity contribution is 5.06. The molecule has 2 rings (SSSR count). The molecule has 1 saturated heterocycles. The van der Waals surface area contributed by atoms with Gasteiger partial charge in [0.2, 0.25) is 0 Å². The minimum atomic E-state index is 0.490. The first-order valence-corrected chi connectivity index (χ1v) is 7.22. The third-order valence-electron chi connectivity index (χ3n) is 3.50. The molecule has 2 heterocycles. The molecule has 1 aliphatic rings. The van der Waals surface area contributed by atoms with Crippen molar-refractivity contribution in [3.8, 4) is 0 Å². The average molecular weight is 250 g/mol. The summed E-state index contributed by atoms with van der Waals surface area (Å²) in [7, 11) is 0. The van der Waals surface area contributed by atoms with Crippen molar-refractivity contribution >= 4 is 0 Å². The predicted octanol–water partition coefficient (Wildman–Crippen LogP) is 2.80. The lowest BCUT2D eigenvalue weighted by Gasteiger charge is -2.14. The van der Waals surface area contributed by atoms with E-state index >= 15 is 0 Å². The van der Waals surface area contributed by atoms with Crippen LogP contribution in [-0.4, -0.2) is 23.8 Å². The van der Waals surface area contributed by atoms with Crippen molar-refractivity contribution in [2.75, 3.05) is 13.2 Å². The van der Waals surface area contributed by atoms with Crippen molar-refractivity contribution in [3.05, 3.63) is 24.0 Å². The van der Waals surface area contributed by atoms with E-state index in [9.17, 15) is 0 Å². The lowest BCUT2D eigenvalue weighted by molar-refractivity contribution is 0.100. The molecule has 18 heavy (non-hydrogen) atoms. The third kappa shape index (κ3) is 4.14. The Morgan fingerprint density at radius 3 is 3.11 bits per heavy atom. The van der Waals surface area contributed by atoms with Crippen molar-refractivity contribution in [1.29, 1.82) is 0 Å². The Balaban J connectivity index is 1.75. The summed E-state index contributed by atoms with van der Waals surface area (Å²) in [5.41, 5.74) is 1.38. The molecule has 1 atom stereocenters. The Hall–Kier alpha value is -0.800. The summed E-state index contributed by atoms with van der Waals surface area (Å²) in [5.74, 6) is 0.709. The summed E-state index contributed by atoms with van der Waals surface area (Å²) >= 11 is 0. The van der Waals surface area contributed by atoms with Gasteiger partial charge in [0.25, 0.3) is 0 Å². The van der Waals surface area contributed by atoms with E-state index in [2.05, 4.69) is 42.1 Å². The van der Waals surface area contributed by atoms with Crippen molar-refractivity contribution in [2.24, 2.45) is 5.92 Å². The second-order valence-corrected chi connectivity index (χ2v) is 5.64. The summed E-state index contributed by atoms with van der Waals surface area (Å²) in [6, 6.07) is 4.35. The van der Waals surface area contributed by atoms with Crippen LogP contribution in [0.3, 0.4) is 0 Å². The Labute approximate surface area is 111 Å². The quantitative estimate of drug-likeness (QED) is 0.805. The monoisotopic (exact) mass is 250 g/mol. The van der Waals surface area contributed by atoms with Crippen LogP contribution in [0.1, 0.15) is 38.8 Å². The van der Waals surface area contributed by atoms with E-state index in [4.69, 9.17) is 4.74 Å². The molecule has 1 unspecified atom stereocenters. The van der Waals surface area contributed by atoms with E-state index in [1.165, 1.54) is 18.5 Å². The maximum Gasteiger partial charge on any atom is 0.0593 e. The van der Waals surface area contributed by atoms with Gasteiger partial charge in [-0.2, -0.15) is 0 Å². The minimum Gasteiger partial charge on any atom is -0.378 e. The van der Waals surface area contributed by atoms with Crippen molar-refractivity contribution in [1.82, 2.24) is 9.88 Å². The predicted molar refractivity (Wildman–Crippen MR) is 74.6 cm³/mol. The normalized spacial score (nSPS) is 19.8. The summed E-state index contributed by atoms with van der Waals surface area (Å²) in [4.78, 5) is 0. The highest BCUT2D eigenvalue weighted by atomic mass is 16.5. The summed E-state index contributed by atoms with van der Waals surface area (Å²) < 4.78 is 8.03. The molecule has 102 valence electrons. The number of aromatic nitrogens is 1. The lowest BCUT2D eigenvalue weighted by Crippen LogP contribution is -2.21. The molecule has 0 saturated carbocycles. The van der Waals surface area contributed by atoms with Crippen LogP contribution in [0.5, 0.6) is 0 Å². The van der Waals surface area contributed by atoms with E-state index in [0.29, 0.717) is 12.0 Å². The van der Waals surface area contributed by atoms with Gasteiger partial charge in [-0.3, -0.25) is 0 Å². The van der Waals surface area contributed by atoms with Crippen LogP contribution in [0.15, 0.2) is 18.3 Å². The fraction of sp³-hybridized carbons (Fsp3) is 0.733.